The van der Waals surface area contributed by atoms with Gasteiger partial charge in [-0.2, -0.15) is 0 Å². The third-order valence-corrected chi connectivity index (χ3v) is 2.85. The average molecular weight is 227 g/mol. The van der Waals surface area contributed by atoms with E-state index >= 15 is 0 Å². The van der Waals surface area contributed by atoms with Crippen LogP contribution in [-0.4, -0.2) is 11.6 Å². The SMILES string of the molecule is CC1=C(C)C(=O)C(Nc2ccccc2)=CC1=O. The zero-order valence-corrected chi connectivity index (χ0v) is 9.78. The number of carbonyl (C=O) groups excluding carboxylic acids is 2. The van der Waals surface area contributed by atoms with Crippen molar-refractivity contribution in [1.82, 2.24) is 0 Å². The van der Waals surface area contributed by atoms with Crippen molar-refractivity contribution in [2.75, 3.05) is 5.32 Å². The maximum absolute atomic E-state index is 11.9. The third-order valence-electron chi connectivity index (χ3n) is 2.85. The van der Waals surface area contributed by atoms with Crippen LogP contribution in [0.25, 0.3) is 0 Å². The summed E-state index contributed by atoms with van der Waals surface area (Å²) < 4.78 is 0. The number of nitrogens with one attached hydrogen (secondary N) is 1. The molecule has 0 saturated carbocycles. The Morgan fingerprint density at radius 1 is 0.941 bits per heavy atom. The van der Waals surface area contributed by atoms with E-state index in [9.17, 15) is 9.59 Å². The van der Waals surface area contributed by atoms with Crippen molar-refractivity contribution >= 4 is 17.3 Å². The number of carbonyl (C=O) groups is 2. The topological polar surface area (TPSA) is 46.2 Å². The van der Waals surface area contributed by atoms with E-state index in [0.717, 1.165) is 5.69 Å². The van der Waals surface area contributed by atoms with Gasteiger partial charge < -0.3 is 5.32 Å². The molecule has 3 heteroatoms. The monoisotopic (exact) mass is 227 g/mol. The molecule has 1 aliphatic carbocycles. The fraction of sp³-hybridized carbons (Fsp3) is 0.143. The quantitative estimate of drug-likeness (QED) is 0.789. The molecule has 0 bridgehead atoms. The minimum atomic E-state index is -0.119. The minimum Gasteiger partial charge on any atom is -0.352 e. The first-order chi connectivity index (χ1) is 8.09. The zero-order valence-electron chi connectivity index (χ0n) is 9.78. The highest BCUT2D eigenvalue weighted by Gasteiger charge is 2.22. The van der Waals surface area contributed by atoms with Gasteiger partial charge in [0.1, 0.15) is 0 Å². The van der Waals surface area contributed by atoms with Gasteiger partial charge in [-0.3, -0.25) is 9.59 Å². The van der Waals surface area contributed by atoms with E-state index in [-0.39, 0.29) is 11.6 Å². The van der Waals surface area contributed by atoms with Gasteiger partial charge in [-0.05, 0) is 26.0 Å². The molecular formula is C14H13NO2. The van der Waals surface area contributed by atoms with Crippen molar-refractivity contribution in [3.8, 4) is 0 Å². The lowest BCUT2D eigenvalue weighted by Crippen LogP contribution is -2.21. The second-order valence-corrected chi connectivity index (χ2v) is 3.99. The van der Waals surface area contributed by atoms with E-state index in [2.05, 4.69) is 5.32 Å². The van der Waals surface area contributed by atoms with Gasteiger partial charge >= 0.3 is 0 Å². The van der Waals surface area contributed by atoms with Crippen molar-refractivity contribution in [3.63, 3.8) is 0 Å². The Kier molecular flexibility index (Phi) is 2.91. The number of hydrogen-bond acceptors (Lipinski definition) is 3. The smallest absolute Gasteiger partial charge is 0.205 e. The number of rotatable bonds is 2. The molecule has 1 aromatic carbocycles. The van der Waals surface area contributed by atoms with Gasteiger partial charge in [0.15, 0.2) is 5.78 Å². The van der Waals surface area contributed by atoms with Crippen molar-refractivity contribution in [2.24, 2.45) is 0 Å². The molecular weight excluding hydrogens is 214 g/mol. The molecule has 0 saturated heterocycles. The number of para-hydroxylation sites is 1. The van der Waals surface area contributed by atoms with E-state index < -0.39 is 0 Å². The van der Waals surface area contributed by atoms with Gasteiger partial charge in [0.05, 0.1) is 5.70 Å². The molecule has 2 rings (SSSR count). The van der Waals surface area contributed by atoms with Crippen LogP contribution in [0.15, 0.2) is 53.3 Å². The van der Waals surface area contributed by atoms with Crippen LogP contribution in [0.3, 0.4) is 0 Å². The molecule has 17 heavy (non-hydrogen) atoms. The number of anilines is 1. The number of ketones is 2. The first-order valence-corrected chi connectivity index (χ1v) is 5.40. The summed E-state index contributed by atoms with van der Waals surface area (Å²) in [6, 6.07) is 9.32. The number of Topliss-reactive ketones (excluding diaryl/α,β-unsaturated/α-hetero) is 1. The molecule has 0 aromatic heterocycles. The Hall–Kier alpha value is -2.16. The lowest BCUT2D eigenvalue weighted by Gasteiger charge is -2.15. The molecule has 1 aromatic rings. The fourth-order valence-corrected chi connectivity index (χ4v) is 1.63. The Morgan fingerprint density at radius 3 is 2.24 bits per heavy atom. The predicted octanol–water partition coefficient (Wildman–Crippen LogP) is 2.47. The molecule has 0 heterocycles. The third kappa shape index (κ3) is 2.18. The van der Waals surface area contributed by atoms with Gasteiger partial charge in [0, 0.05) is 22.9 Å². The van der Waals surface area contributed by atoms with Gasteiger partial charge in [-0.25, -0.2) is 0 Å². The van der Waals surface area contributed by atoms with Gasteiger partial charge in [-0.1, -0.05) is 18.2 Å². The summed E-state index contributed by atoms with van der Waals surface area (Å²) in [5.41, 5.74) is 2.17. The van der Waals surface area contributed by atoms with E-state index in [1.807, 2.05) is 30.3 Å². The Morgan fingerprint density at radius 2 is 1.59 bits per heavy atom. The summed E-state index contributed by atoms with van der Waals surface area (Å²) in [4.78, 5) is 23.6. The first-order valence-electron chi connectivity index (χ1n) is 5.40. The van der Waals surface area contributed by atoms with Crippen LogP contribution in [-0.2, 0) is 9.59 Å². The van der Waals surface area contributed by atoms with Crippen molar-refractivity contribution in [3.05, 3.63) is 53.3 Å². The molecule has 0 amide bonds. The number of benzene rings is 1. The molecule has 1 aliphatic rings. The Labute approximate surface area is 99.8 Å². The summed E-state index contributed by atoms with van der Waals surface area (Å²) in [6.07, 6.45) is 1.36. The normalized spacial score (nSPS) is 16.0. The standard InChI is InChI=1S/C14H13NO2/c1-9-10(2)14(17)12(8-13(9)16)15-11-6-4-3-5-7-11/h3-8,15H,1-2H3. The van der Waals surface area contributed by atoms with E-state index in [1.165, 1.54) is 6.08 Å². The van der Waals surface area contributed by atoms with E-state index in [4.69, 9.17) is 0 Å². The van der Waals surface area contributed by atoms with E-state index in [0.29, 0.717) is 16.8 Å². The van der Waals surface area contributed by atoms with Crippen LogP contribution >= 0.6 is 0 Å². The predicted molar refractivity (Wildman–Crippen MR) is 66.5 cm³/mol. The molecule has 0 unspecified atom stereocenters. The van der Waals surface area contributed by atoms with Crippen LogP contribution in [0.5, 0.6) is 0 Å². The summed E-state index contributed by atoms with van der Waals surface area (Å²) in [5.74, 6) is -0.230. The van der Waals surface area contributed by atoms with Crippen LogP contribution in [0, 0.1) is 0 Å². The Bertz CT molecular complexity index is 539. The maximum atomic E-state index is 11.9. The van der Waals surface area contributed by atoms with Crippen molar-refractivity contribution in [1.29, 1.82) is 0 Å². The fourth-order valence-electron chi connectivity index (χ4n) is 1.63. The molecule has 86 valence electrons. The van der Waals surface area contributed by atoms with E-state index in [1.54, 1.807) is 13.8 Å². The highest BCUT2D eigenvalue weighted by Crippen LogP contribution is 2.20. The molecule has 0 atom stereocenters. The lowest BCUT2D eigenvalue weighted by atomic mass is 9.95. The summed E-state index contributed by atoms with van der Waals surface area (Å²) in [7, 11) is 0. The summed E-state index contributed by atoms with van der Waals surface area (Å²) >= 11 is 0. The highest BCUT2D eigenvalue weighted by atomic mass is 16.1. The molecule has 0 radical (unpaired) electrons. The summed E-state index contributed by atoms with van der Waals surface area (Å²) in [5, 5.41) is 2.97. The molecule has 0 aliphatic heterocycles. The first kappa shape index (κ1) is 11.3. The highest BCUT2D eigenvalue weighted by molar-refractivity contribution is 6.23. The van der Waals surface area contributed by atoms with Crippen LogP contribution < -0.4 is 5.32 Å². The number of allylic oxidation sites excluding steroid dienone is 3. The lowest BCUT2D eigenvalue weighted by molar-refractivity contribution is -0.115. The number of hydrogen-bond donors (Lipinski definition) is 1. The van der Waals surface area contributed by atoms with Gasteiger partial charge in [0.2, 0.25) is 5.78 Å². The minimum absolute atomic E-state index is 0.111. The summed E-state index contributed by atoms with van der Waals surface area (Å²) in [6.45, 7) is 3.35. The molecule has 0 spiro atoms. The van der Waals surface area contributed by atoms with Crippen molar-refractivity contribution in [2.45, 2.75) is 13.8 Å². The van der Waals surface area contributed by atoms with Crippen LogP contribution in [0.4, 0.5) is 5.69 Å². The molecule has 3 nitrogen and oxygen atoms in total. The Balaban J connectivity index is 2.27. The largest absolute Gasteiger partial charge is 0.352 e. The van der Waals surface area contributed by atoms with Crippen LogP contribution in [0.2, 0.25) is 0 Å². The van der Waals surface area contributed by atoms with Crippen LogP contribution in [0.1, 0.15) is 13.8 Å². The zero-order chi connectivity index (χ0) is 12.4. The second kappa shape index (κ2) is 4.37. The second-order valence-electron chi connectivity index (χ2n) is 3.99. The maximum Gasteiger partial charge on any atom is 0.205 e. The molecule has 1 N–H and O–H groups in total. The average Bonchev–Trinajstić information content (AvgIpc) is 2.35. The molecule has 0 fully saturated rings. The van der Waals surface area contributed by atoms with Gasteiger partial charge in [0.25, 0.3) is 0 Å². The van der Waals surface area contributed by atoms with Gasteiger partial charge in [-0.15, -0.1) is 0 Å². The van der Waals surface area contributed by atoms with Crippen molar-refractivity contribution < 1.29 is 9.59 Å².